The van der Waals surface area contributed by atoms with Crippen molar-refractivity contribution in [1.29, 1.82) is 0 Å². The Morgan fingerprint density at radius 2 is 2.27 bits per heavy atom. The van der Waals surface area contributed by atoms with Crippen molar-refractivity contribution in [1.82, 2.24) is 0 Å². The molecule has 1 unspecified atom stereocenters. The summed E-state index contributed by atoms with van der Waals surface area (Å²) >= 11 is 5.83. The van der Waals surface area contributed by atoms with Crippen LogP contribution in [0.2, 0.25) is 5.02 Å². The number of benzene rings is 1. The highest BCUT2D eigenvalue weighted by molar-refractivity contribution is 6.30. The fraction of sp³-hybridized carbons (Fsp3) is 0.222. The van der Waals surface area contributed by atoms with Crippen molar-refractivity contribution in [3.8, 4) is 0 Å². The summed E-state index contributed by atoms with van der Waals surface area (Å²) in [6.07, 6.45) is 1.95. The Balaban J connectivity index is 2.58. The molecule has 1 nitrogen and oxygen atoms in total. The molecule has 1 aromatic carbocycles. The van der Waals surface area contributed by atoms with Crippen molar-refractivity contribution in [2.24, 2.45) is 4.99 Å². The first-order valence-electron chi connectivity index (χ1n) is 3.61. The van der Waals surface area contributed by atoms with Crippen molar-refractivity contribution in [2.45, 2.75) is 12.8 Å². The lowest BCUT2D eigenvalue weighted by Crippen LogP contribution is -1.87. The van der Waals surface area contributed by atoms with Crippen LogP contribution < -0.4 is 0 Å². The van der Waals surface area contributed by atoms with E-state index in [1.807, 2.05) is 24.4 Å². The number of halogens is 1. The summed E-state index contributed by atoms with van der Waals surface area (Å²) in [7, 11) is 0. The molecule has 11 heavy (non-hydrogen) atoms. The Labute approximate surface area is 70.7 Å². The molecule has 56 valence electrons. The van der Waals surface area contributed by atoms with Gasteiger partial charge in [-0.25, -0.2) is 0 Å². The topological polar surface area (TPSA) is 12.4 Å². The summed E-state index contributed by atoms with van der Waals surface area (Å²) in [6.45, 7) is 2.12. The lowest BCUT2D eigenvalue weighted by Gasteiger charge is -2.01. The predicted molar refractivity (Wildman–Crippen MR) is 48.0 cm³/mol. The molecular formula is C9H8ClN. The van der Waals surface area contributed by atoms with Gasteiger partial charge in [0, 0.05) is 17.2 Å². The molecule has 1 aliphatic rings. The number of nitrogens with zero attached hydrogens (tertiary/aromatic N) is 1. The van der Waals surface area contributed by atoms with Crippen LogP contribution in [0.5, 0.6) is 0 Å². The number of hydrogen-bond donors (Lipinski definition) is 0. The minimum absolute atomic E-state index is 0.420. The first-order chi connectivity index (χ1) is 5.27. The number of aliphatic imine (C=N–C) groups is 1. The third kappa shape index (κ3) is 1.05. The van der Waals surface area contributed by atoms with E-state index < -0.39 is 0 Å². The van der Waals surface area contributed by atoms with Gasteiger partial charge in [-0.2, -0.15) is 0 Å². The van der Waals surface area contributed by atoms with Gasteiger partial charge in [0.2, 0.25) is 0 Å². The van der Waals surface area contributed by atoms with Crippen LogP contribution in [-0.4, -0.2) is 6.21 Å². The van der Waals surface area contributed by atoms with Gasteiger partial charge >= 0.3 is 0 Å². The summed E-state index contributed by atoms with van der Waals surface area (Å²) in [4.78, 5) is 4.24. The minimum atomic E-state index is 0.420. The van der Waals surface area contributed by atoms with E-state index in [1.54, 1.807) is 0 Å². The molecule has 0 spiro atoms. The second-order valence-corrected chi connectivity index (χ2v) is 3.21. The maximum absolute atomic E-state index is 5.83. The van der Waals surface area contributed by atoms with Crippen LogP contribution in [0.25, 0.3) is 0 Å². The van der Waals surface area contributed by atoms with Gasteiger partial charge in [0.15, 0.2) is 0 Å². The molecule has 0 fully saturated rings. The normalized spacial score (nSPS) is 20.4. The van der Waals surface area contributed by atoms with E-state index in [2.05, 4.69) is 11.9 Å². The van der Waals surface area contributed by atoms with Gasteiger partial charge in [0.25, 0.3) is 0 Å². The molecule has 1 aromatic rings. The predicted octanol–water partition coefficient (Wildman–Crippen LogP) is 3.16. The second-order valence-electron chi connectivity index (χ2n) is 2.77. The summed E-state index contributed by atoms with van der Waals surface area (Å²) in [6, 6.07) is 5.81. The Hall–Kier alpha value is -0.820. The zero-order chi connectivity index (χ0) is 7.84. The molecule has 2 heteroatoms. The van der Waals surface area contributed by atoms with Crippen LogP contribution in [0.4, 0.5) is 5.69 Å². The lowest BCUT2D eigenvalue weighted by atomic mass is 10.0. The molecule has 0 saturated carbocycles. The standard InChI is InChI=1S/C9H8ClN/c1-6-5-11-9-3-2-7(10)4-8(6)9/h2-6H,1H3. The first-order valence-corrected chi connectivity index (χ1v) is 3.99. The van der Waals surface area contributed by atoms with Crippen LogP contribution in [0.1, 0.15) is 18.4 Å². The minimum Gasteiger partial charge on any atom is -0.260 e. The summed E-state index contributed by atoms with van der Waals surface area (Å²) < 4.78 is 0. The Morgan fingerprint density at radius 1 is 1.45 bits per heavy atom. The largest absolute Gasteiger partial charge is 0.260 e. The zero-order valence-corrected chi connectivity index (χ0v) is 6.97. The van der Waals surface area contributed by atoms with Crippen LogP contribution in [0, 0.1) is 0 Å². The van der Waals surface area contributed by atoms with Gasteiger partial charge in [-0.3, -0.25) is 4.99 Å². The van der Waals surface area contributed by atoms with Gasteiger partial charge in [-0.15, -0.1) is 0 Å². The number of hydrogen-bond acceptors (Lipinski definition) is 1. The molecule has 0 aromatic heterocycles. The highest BCUT2D eigenvalue weighted by atomic mass is 35.5. The molecule has 0 saturated heterocycles. The average Bonchev–Trinajstić information content (AvgIpc) is 2.33. The molecular weight excluding hydrogens is 158 g/mol. The highest BCUT2D eigenvalue weighted by Crippen LogP contribution is 2.33. The third-order valence-corrected chi connectivity index (χ3v) is 2.15. The average molecular weight is 166 g/mol. The van der Waals surface area contributed by atoms with E-state index >= 15 is 0 Å². The fourth-order valence-corrected chi connectivity index (χ4v) is 1.46. The molecule has 1 aliphatic heterocycles. The maximum atomic E-state index is 5.83. The maximum Gasteiger partial charge on any atom is 0.0665 e. The van der Waals surface area contributed by atoms with Gasteiger partial charge in [0.1, 0.15) is 0 Å². The molecule has 0 N–H and O–H groups in total. The van der Waals surface area contributed by atoms with Crippen molar-refractivity contribution < 1.29 is 0 Å². The fourth-order valence-electron chi connectivity index (χ4n) is 1.28. The van der Waals surface area contributed by atoms with Crippen LogP contribution >= 0.6 is 11.6 Å². The van der Waals surface area contributed by atoms with Gasteiger partial charge in [0.05, 0.1) is 5.69 Å². The third-order valence-electron chi connectivity index (χ3n) is 1.92. The SMILES string of the molecule is CC1C=Nc2ccc(Cl)cc21. The van der Waals surface area contributed by atoms with E-state index in [-0.39, 0.29) is 0 Å². The van der Waals surface area contributed by atoms with Crippen molar-refractivity contribution >= 4 is 23.5 Å². The monoisotopic (exact) mass is 165 g/mol. The van der Waals surface area contributed by atoms with Gasteiger partial charge in [-0.1, -0.05) is 18.5 Å². The molecule has 0 bridgehead atoms. The molecule has 0 aliphatic carbocycles. The highest BCUT2D eigenvalue weighted by Gasteiger charge is 2.13. The number of rotatable bonds is 0. The smallest absolute Gasteiger partial charge is 0.0665 e. The molecule has 2 rings (SSSR count). The molecule has 0 amide bonds. The quantitative estimate of drug-likeness (QED) is 0.560. The van der Waals surface area contributed by atoms with Crippen LogP contribution in [0.15, 0.2) is 23.2 Å². The first kappa shape index (κ1) is 6.86. The van der Waals surface area contributed by atoms with E-state index in [9.17, 15) is 0 Å². The van der Waals surface area contributed by atoms with Crippen molar-refractivity contribution in [3.05, 3.63) is 28.8 Å². The summed E-state index contributed by atoms with van der Waals surface area (Å²) in [5.41, 5.74) is 2.29. The van der Waals surface area contributed by atoms with E-state index in [0.29, 0.717) is 5.92 Å². The Bertz CT molecular complexity index is 317. The molecule has 0 radical (unpaired) electrons. The van der Waals surface area contributed by atoms with Crippen molar-refractivity contribution in [2.75, 3.05) is 0 Å². The van der Waals surface area contributed by atoms with Crippen molar-refractivity contribution in [3.63, 3.8) is 0 Å². The van der Waals surface area contributed by atoms with Gasteiger partial charge in [-0.05, 0) is 23.8 Å². The zero-order valence-electron chi connectivity index (χ0n) is 6.21. The van der Waals surface area contributed by atoms with Crippen LogP contribution in [0.3, 0.4) is 0 Å². The van der Waals surface area contributed by atoms with E-state index in [0.717, 1.165) is 10.7 Å². The molecule has 1 atom stereocenters. The number of fused-ring (bicyclic) bond motifs is 1. The van der Waals surface area contributed by atoms with Crippen LogP contribution in [-0.2, 0) is 0 Å². The molecule has 1 heterocycles. The Kier molecular flexibility index (Phi) is 1.46. The van der Waals surface area contributed by atoms with E-state index in [4.69, 9.17) is 11.6 Å². The van der Waals surface area contributed by atoms with Gasteiger partial charge < -0.3 is 0 Å². The second kappa shape index (κ2) is 2.35. The summed E-state index contributed by atoms with van der Waals surface area (Å²) in [5, 5.41) is 0.793. The summed E-state index contributed by atoms with van der Waals surface area (Å²) in [5.74, 6) is 0.420. The van der Waals surface area contributed by atoms with E-state index in [1.165, 1.54) is 5.56 Å². The lowest BCUT2D eigenvalue weighted by molar-refractivity contribution is 1.08. The Morgan fingerprint density at radius 3 is 3.09 bits per heavy atom.